The Morgan fingerprint density at radius 3 is 2.64 bits per heavy atom. The lowest BCUT2D eigenvalue weighted by molar-refractivity contribution is 0.0948. The highest BCUT2D eigenvalue weighted by Crippen LogP contribution is 2.12. The second-order valence-corrected chi connectivity index (χ2v) is 5.62. The lowest BCUT2D eigenvalue weighted by Crippen LogP contribution is -2.46. The number of piperazine rings is 1. The standard InChI is InChI=1S/C17H27N3O2/c1-3-19-10-12-20(13-11-19)9-5-8-18-17(21)15-6-4-7-16(14-15)22-2/h4,6-7,14H,3,5,8-13H2,1-2H3,(H,18,21). The molecule has 1 N–H and O–H groups in total. The van der Waals surface area contributed by atoms with Gasteiger partial charge in [-0.3, -0.25) is 4.79 Å². The minimum absolute atomic E-state index is 0.0327. The van der Waals surface area contributed by atoms with E-state index in [0.717, 1.165) is 45.7 Å². The molecule has 0 bridgehead atoms. The summed E-state index contributed by atoms with van der Waals surface area (Å²) in [6.07, 6.45) is 0.988. The molecule has 0 unspecified atom stereocenters. The summed E-state index contributed by atoms with van der Waals surface area (Å²) in [5, 5.41) is 2.98. The maximum Gasteiger partial charge on any atom is 0.251 e. The molecule has 0 radical (unpaired) electrons. The van der Waals surface area contributed by atoms with Gasteiger partial charge in [0.2, 0.25) is 0 Å². The summed E-state index contributed by atoms with van der Waals surface area (Å²) in [6, 6.07) is 7.24. The number of nitrogens with zero attached hydrogens (tertiary/aromatic N) is 2. The van der Waals surface area contributed by atoms with Crippen LogP contribution in [0.1, 0.15) is 23.7 Å². The van der Waals surface area contributed by atoms with Gasteiger partial charge in [-0.25, -0.2) is 0 Å². The van der Waals surface area contributed by atoms with Gasteiger partial charge in [0, 0.05) is 38.3 Å². The largest absolute Gasteiger partial charge is 0.497 e. The van der Waals surface area contributed by atoms with Crippen molar-refractivity contribution in [1.82, 2.24) is 15.1 Å². The van der Waals surface area contributed by atoms with Crippen molar-refractivity contribution < 1.29 is 9.53 Å². The van der Waals surface area contributed by atoms with E-state index in [0.29, 0.717) is 17.9 Å². The van der Waals surface area contributed by atoms with Crippen LogP contribution in [0.2, 0.25) is 0 Å². The Labute approximate surface area is 133 Å². The lowest BCUT2D eigenvalue weighted by atomic mass is 10.2. The van der Waals surface area contributed by atoms with E-state index in [-0.39, 0.29) is 5.91 Å². The lowest BCUT2D eigenvalue weighted by Gasteiger charge is -2.33. The predicted octanol–water partition coefficient (Wildman–Crippen LogP) is 1.45. The van der Waals surface area contributed by atoms with E-state index in [4.69, 9.17) is 4.74 Å². The minimum Gasteiger partial charge on any atom is -0.497 e. The van der Waals surface area contributed by atoms with Gasteiger partial charge < -0.3 is 19.9 Å². The molecule has 122 valence electrons. The molecule has 1 aliphatic rings. The van der Waals surface area contributed by atoms with Crippen molar-refractivity contribution >= 4 is 5.91 Å². The number of carbonyl (C=O) groups is 1. The second kappa shape index (κ2) is 8.76. The monoisotopic (exact) mass is 305 g/mol. The summed E-state index contributed by atoms with van der Waals surface area (Å²) in [4.78, 5) is 17.0. The van der Waals surface area contributed by atoms with Crippen LogP contribution in [0.4, 0.5) is 0 Å². The van der Waals surface area contributed by atoms with Crippen molar-refractivity contribution in [2.75, 3.05) is 52.9 Å². The molecule has 1 aromatic carbocycles. The fourth-order valence-corrected chi connectivity index (χ4v) is 2.70. The third-order valence-electron chi connectivity index (χ3n) is 4.18. The molecule has 1 heterocycles. The maximum atomic E-state index is 12.1. The molecule has 1 aromatic rings. The average molecular weight is 305 g/mol. The van der Waals surface area contributed by atoms with E-state index in [9.17, 15) is 4.79 Å². The number of methoxy groups -OCH3 is 1. The molecule has 5 nitrogen and oxygen atoms in total. The Balaban J connectivity index is 1.65. The summed E-state index contributed by atoms with van der Waals surface area (Å²) >= 11 is 0. The van der Waals surface area contributed by atoms with Gasteiger partial charge in [0.1, 0.15) is 5.75 Å². The van der Waals surface area contributed by atoms with E-state index >= 15 is 0 Å². The van der Waals surface area contributed by atoms with E-state index in [1.54, 1.807) is 13.2 Å². The molecule has 1 fully saturated rings. The van der Waals surface area contributed by atoms with Crippen LogP contribution in [-0.4, -0.2) is 68.6 Å². The number of likely N-dealkylation sites (N-methyl/N-ethyl adjacent to an activating group) is 1. The third-order valence-corrected chi connectivity index (χ3v) is 4.18. The minimum atomic E-state index is -0.0327. The SMILES string of the molecule is CCN1CCN(CCCNC(=O)c2cccc(OC)c2)CC1. The van der Waals surface area contributed by atoms with Gasteiger partial charge in [-0.2, -0.15) is 0 Å². The first-order valence-electron chi connectivity index (χ1n) is 8.10. The summed E-state index contributed by atoms with van der Waals surface area (Å²) < 4.78 is 5.14. The second-order valence-electron chi connectivity index (χ2n) is 5.62. The number of ether oxygens (including phenoxy) is 1. The molecule has 2 rings (SSSR count). The molecular formula is C17H27N3O2. The van der Waals surface area contributed by atoms with Crippen molar-refractivity contribution in [2.45, 2.75) is 13.3 Å². The molecule has 1 saturated heterocycles. The Morgan fingerprint density at radius 2 is 1.95 bits per heavy atom. The zero-order valence-electron chi connectivity index (χ0n) is 13.7. The highest BCUT2D eigenvalue weighted by atomic mass is 16.5. The van der Waals surface area contributed by atoms with Crippen LogP contribution < -0.4 is 10.1 Å². The Kier molecular flexibility index (Phi) is 6.68. The Hall–Kier alpha value is -1.59. The zero-order valence-corrected chi connectivity index (χ0v) is 13.7. The molecule has 22 heavy (non-hydrogen) atoms. The first kappa shape index (κ1) is 16.8. The molecule has 0 saturated carbocycles. The highest BCUT2D eigenvalue weighted by Gasteiger charge is 2.14. The number of hydrogen-bond donors (Lipinski definition) is 1. The first-order valence-corrected chi connectivity index (χ1v) is 8.10. The van der Waals surface area contributed by atoms with Gasteiger partial charge in [-0.05, 0) is 37.7 Å². The van der Waals surface area contributed by atoms with Crippen molar-refractivity contribution in [1.29, 1.82) is 0 Å². The molecule has 0 aromatic heterocycles. The molecule has 1 amide bonds. The van der Waals surface area contributed by atoms with Gasteiger partial charge in [0.25, 0.3) is 5.91 Å². The third kappa shape index (κ3) is 5.00. The van der Waals surface area contributed by atoms with Crippen LogP contribution in [0.15, 0.2) is 24.3 Å². The zero-order chi connectivity index (χ0) is 15.8. The molecule has 5 heteroatoms. The summed E-state index contributed by atoms with van der Waals surface area (Å²) in [5.41, 5.74) is 0.649. The van der Waals surface area contributed by atoms with Crippen LogP contribution in [-0.2, 0) is 0 Å². The number of rotatable bonds is 7. The summed E-state index contributed by atoms with van der Waals surface area (Å²) in [6.45, 7) is 9.71. The number of hydrogen-bond acceptors (Lipinski definition) is 4. The van der Waals surface area contributed by atoms with Gasteiger partial charge in [-0.15, -0.1) is 0 Å². The van der Waals surface area contributed by atoms with Gasteiger partial charge >= 0.3 is 0 Å². The van der Waals surface area contributed by atoms with Crippen molar-refractivity contribution in [2.24, 2.45) is 0 Å². The molecule has 0 spiro atoms. The maximum absolute atomic E-state index is 12.1. The Morgan fingerprint density at radius 1 is 1.23 bits per heavy atom. The van der Waals surface area contributed by atoms with Crippen LogP contribution in [0, 0.1) is 0 Å². The van der Waals surface area contributed by atoms with E-state index in [1.807, 2.05) is 18.2 Å². The van der Waals surface area contributed by atoms with Crippen molar-refractivity contribution in [3.05, 3.63) is 29.8 Å². The van der Waals surface area contributed by atoms with E-state index < -0.39 is 0 Å². The quantitative estimate of drug-likeness (QED) is 0.775. The normalized spacial score (nSPS) is 16.5. The van der Waals surface area contributed by atoms with Crippen molar-refractivity contribution in [3.63, 3.8) is 0 Å². The number of carbonyl (C=O) groups excluding carboxylic acids is 1. The van der Waals surface area contributed by atoms with Gasteiger partial charge in [0.05, 0.1) is 7.11 Å². The number of benzene rings is 1. The average Bonchev–Trinajstić information content (AvgIpc) is 2.59. The summed E-state index contributed by atoms with van der Waals surface area (Å²) in [7, 11) is 1.61. The summed E-state index contributed by atoms with van der Waals surface area (Å²) in [5.74, 6) is 0.677. The van der Waals surface area contributed by atoms with Crippen molar-refractivity contribution in [3.8, 4) is 5.75 Å². The molecule has 0 atom stereocenters. The van der Waals surface area contributed by atoms with Gasteiger partial charge in [-0.1, -0.05) is 13.0 Å². The topological polar surface area (TPSA) is 44.8 Å². The van der Waals surface area contributed by atoms with Crippen LogP contribution in [0.3, 0.4) is 0 Å². The molecule has 0 aliphatic carbocycles. The van der Waals surface area contributed by atoms with Crippen LogP contribution >= 0.6 is 0 Å². The molecular weight excluding hydrogens is 278 g/mol. The molecule has 1 aliphatic heterocycles. The number of nitrogens with one attached hydrogen (secondary N) is 1. The van der Waals surface area contributed by atoms with Gasteiger partial charge in [0.15, 0.2) is 0 Å². The Bertz CT molecular complexity index is 471. The van der Waals surface area contributed by atoms with E-state index in [1.165, 1.54) is 0 Å². The number of amides is 1. The van der Waals surface area contributed by atoms with Crippen LogP contribution in [0.25, 0.3) is 0 Å². The fraction of sp³-hybridized carbons (Fsp3) is 0.588. The first-order chi connectivity index (χ1) is 10.7. The van der Waals surface area contributed by atoms with E-state index in [2.05, 4.69) is 22.0 Å². The highest BCUT2D eigenvalue weighted by molar-refractivity contribution is 5.94. The fourth-order valence-electron chi connectivity index (χ4n) is 2.70. The predicted molar refractivity (Wildman–Crippen MR) is 88.5 cm³/mol. The van der Waals surface area contributed by atoms with Crippen LogP contribution in [0.5, 0.6) is 5.75 Å². The smallest absolute Gasteiger partial charge is 0.251 e.